The van der Waals surface area contributed by atoms with E-state index < -0.39 is 0 Å². The lowest BCUT2D eigenvalue weighted by atomic mass is 10.1. The normalized spacial score (nSPS) is 13.6. The number of hydrogen-bond donors (Lipinski definition) is 0. The van der Waals surface area contributed by atoms with Crippen LogP contribution in [0.15, 0.2) is 54.7 Å². The molecular weight excluding hydrogens is 408 g/mol. The largest absolute Gasteiger partial charge is 0.262 e. The number of hydrogen-bond acceptors (Lipinski definition) is 0. The van der Waals surface area contributed by atoms with Crippen molar-refractivity contribution in [1.82, 2.24) is 4.57 Å². The summed E-state index contributed by atoms with van der Waals surface area (Å²) in [6, 6.07) is 17.2. The maximum absolute atomic E-state index is 6.12. The Balaban J connectivity index is 0.00000196. The van der Waals surface area contributed by atoms with Gasteiger partial charge in [-0.1, -0.05) is 42.8 Å². The van der Waals surface area contributed by atoms with Crippen LogP contribution in [0.3, 0.4) is 0 Å². The molecule has 4 heteroatoms. The van der Waals surface area contributed by atoms with E-state index in [2.05, 4.69) is 58.7 Å². The second kappa shape index (κ2) is 8.41. The maximum atomic E-state index is 6.12. The number of imidazole rings is 1. The highest BCUT2D eigenvalue weighted by atomic mass is 79.9. The lowest BCUT2D eigenvalue weighted by Gasteiger charge is -2.06. The average molecular weight is 433 g/mol. The molecule has 4 rings (SSSR count). The molecule has 26 heavy (non-hydrogen) atoms. The summed E-state index contributed by atoms with van der Waals surface area (Å²) in [7, 11) is 0. The van der Waals surface area contributed by atoms with Gasteiger partial charge in [-0.05, 0) is 55.5 Å². The van der Waals surface area contributed by atoms with Gasteiger partial charge in [0.2, 0.25) is 0 Å². The van der Waals surface area contributed by atoms with E-state index in [0.717, 1.165) is 24.4 Å². The van der Waals surface area contributed by atoms with Gasteiger partial charge in [0, 0.05) is 17.0 Å². The second-order valence-corrected chi connectivity index (χ2v) is 7.23. The van der Waals surface area contributed by atoms with Crippen LogP contribution in [0.1, 0.15) is 37.6 Å². The molecule has 0 aliphatic carbocycles. The SMILES string of the molecule is Br.CCc1ccc(-c2c[n+]3c(n2-c2ccc(Cl)cc2)CCCCC3)cc1. The Morgan fingerprint density at radius 2 is 1.69 bits per heavy atom. The zero-order valence-electron chi connectivity index (χ0n) is 15.1. The molecule has 0 N–H and O–H groups in total. The Morgan fingerprint density at radius 3 is 2.38 bits per heavy atom. The average Bonchev–Trinajstić information content (AvgIpc) is 2.85. The summed E-state index contributed by atoms with van der Waals surface area (Å²) in [4.78, 5) is 0. The highest BCUT2D eigenvalue weighted by molar-refractivity contribution is 8.93. The van der Waals surface area contributed by atoms with Crippen molar-refractivity contribution in [2.45, 2.75) is 45.6 Å². The Bertz CT molecular complexity index is 866. The van der Waals surface area contributed by atoms with Crippen molar-refractivity contribution >= 4 is 28.6 Å². The molecule has 1 aliphatic heterocycles. The van der Waals surface area contributed by atoms with Crippen LogP contribution in [0.2, 0.25) is 5.02 Å². The van der Waals surface area contributed by atoms with Crippen molar-refractivity contribution in [2.75, 3.05) is 0 Å². The summed E-state index contributed by atoms with van der Waals surface area (Å²) in [5.41, 5.74) is 5.10. The standard InChI is InChI=1S/C22H24ClN2.BrH/c1-2-17-7-9-18(10-8-17)21-16-24-15-5-3-4-6-22(24)25(21)20-13-11-19(23)12-14-20;/h7-14,16H,2-6,15H2,1H3;1H/q+1;. The van der Waals surface area contributed by atoms with Crippen LogP contribution in [0, 0.1) is 0 Å². The molecule has 0 fully saturated rings. The summed E-state index contributed by atoms with van der Waals surface area (Å²) < 4.78 is 4.87. The molecule has 1 aliphatic rings. The fourth-order valence-corrected chi connectivity index (χ4v) is 3.86. The third kappa shape index (κ3) is 3.74. The van der Waals surface area contributed by atoms with Crippen LogP contribution >= 0.6 is 28.6 Å². The van der Waals surface area contributed by atoms with Crippen LogP contribution in [0.25, 0.3) is 16.9 Å². The molecule has 0 saturated carbocycles. The van der Waals surface area contributed by atoms with Crippen molar-refractivity contribution in [3.8, 4) is 16.9 Å². The molecule has 0 spiro atoms. The number of rotatable bonds is 3. The first-order chi connectivity index (χ1) is 12.3. The van der Waals surface area contributed by atoms with E-state index in [1.165, 1.54) is 47.6 Å². The minimum absolute atomic E-state index is 0. The monoisotopic (exact) mass is 431 g/mol. The first kappa shape index (κ1) is 19.2. The minimum Gasteiger partial charge on any atom is -0.233 e. The summed E-state index contributed by atoms with van der Waals surface area (Å²) >= 11 is 6.12. The summed E-state index contributed by atoms with van der Waals surface area (Å²) in [5, 5.41) is 0.781. The van der Waals surface area contributed by atoms with Gasteiger partial charge in [0.1, 0.15) is 11.9 Å². The third-order valence-corrected chi connectivity index (χ3v) is 5.40. The maximum Gasteiger partial charge on any atom is 0.262 e. The van der Waals surface area contributed by atoms with E-state index in [0.29, 0.717) is 0 Å². The second-order valence-electron chi connectivity index (χ2n) is 6.80. The quantitative estimate of drug-likeness (QED) is 0.452. The van der Waals surface area contributed by atoms with E-state index in [4.69, 9.17) is 11.6 Å². The zero-order chi connectivity index (χ0) is 17.2. The number of benzene rings is 2. The molecule has 3 aromatic rings. The highest BCUT2D eigenvalue weighted by Crippen LogP contribution is 2.27. The number of fused-ring (bicyclic) bond motifs is 1. The number of halogens is 2. The van der Waals surface area contributed by atoms with Gasteiger partial charge in [-0.25, -0.2) is 4.57 Å². The Hall–Kier alpha value is -1.58. The molecule has 2 heterocycles. The van der Waals surface area contributed by atoms with Crippen LogP contribution < -0.4 is 4.57 Å². The van der Waals surface area contributed by atoms with Crippen molar-refractivity contribution in [2.24, 2.45) is 0 Å². The summed E-state index contributed by atoms with van der Waals surface area (Å²) in [6.45, 7) is 3.30. The molecule has 2 nitrogen and oxygen atoms in total. The number of aryl methyl sites for hydroxylation is 2. The Morgan fingerprint density at radius 1 is 0.962 bits per heavy atom. The summed E-state index contributed by atoms with van der Waals surface area (Å²) in [6.07, 6.45) is 8.35. The summed E-state index contributed by atoms with van der Waals surface area (Å²) in [5.74, 6) is 1.40. The van der Waals surface area contributed by atoms with Gasteiger partial charge in [-0.3, -0.25) is 0 Å². The van der Waals surface area contributed by atoms with Crippen LogP contribution in [-0.2, 0) is 19.4 Å². The lowest BCUT2D eigenvalue weighted by molar-refractivity contribution is -0.702. The molecule has 136 valence electrons. The van der Waals surface area contributed by atoms with Crippen molar-refractivity contribution in [3.05, 3.63) is 71.1 Å². The first-order valence-electron chi connectivity index (χ1n) is 9.25. The highest BCUT2D eigenvalue weighted by Gasteiger charge is 2.26. The van der Waals surface area contributed by atoms with E-state index in [-0.39, 0.29) is 17.0 Å². The fourth-order valence-electron chi connectivity index (χ4n) is 3.73. The Labute approximate surface area is 171 Å². The van der Waals surface area contributed by atoms with E-state index in [1.807, 2.05) is 12.1 Å². The van der Waals surface area contributed by atoms with Crippen molar-refractivity contribution in [1.29, 1.82) is 0 Å². The molecule has 0 amide bonds. The molecule has 0 saturated heterocycles. The fraction of sp³-hybridized carbons (Fsp3) is 0.318. The molecule has 0 unspecified atom stereocenters. The predicted molar refractivity (Wildman–Crippen MR) is 114 cm³/mol. The molecular formula is C22H25BrClN2+. The Kier molecular flexibility index (Phi) is 6.20. The van der Waals surface area contributed by atoms with Gasteiger partial charge in [-0.15, -0.1) is 17.0 Å². The van der Waals surface area contributed by atoms with Crippen molar-refractivity contribution in [3.63, 3.8) is 0 Å². The topological polar surface area (TPSA) is 8.81 Å². The molecule has 0 bridgehead atoms. The minimum atomic E-state index is 0. The number of aromatic nitrogens is 2. The molecule has 0 atom stereocenters. The zero-order valence-corrected chi connectivity index (χ0v) is 17.6. The van der Waals surface area contributed by atoms with E-state index in [1.54, 1.807) is 0 Å². The van der Waals surface area contributed by atoms with Crippen LogP contribution in [0.5, 0.6) is 0 Å². The third-order valence-electron chi connectivity index (χ3n) is 5.15. The molecule has 0 radical (unpaired) electrons. The van der Waals surface area contributed by atoms with Gasteiger partial charge in [-0.2, -0.15) is 4.57 Å². The number of nitrogens with zero attached hydrogens (tertiary/aromatic N) is 2. The molecule has 2 aromatic carbocycles. The first-order valence-corrected chi connectivity index (χ1v) is 9.63. The van der Waals surface area contributed by atoms with Gasteiger partial charge in [0.05, 0.1) is 6.54 Å². The lowest BCUT2D eigenvalue weighted by Crippen LogP contribution is -2.35. The molecule has 1 aromatic heterocycles. The van der Waals surface area contributed by atoms with Crippen LogP contribution in [-0.4, -0.2) is 4.57 Å². The van der Waals surface area contributed by atoms with Gasteiger partial charge in [0.15, 0.2) is 5.69 Å². The van der Waals surface area contributed by atoms with Gasteiger partial charge >= 0.3 is 0 Å². The smallest absolute Gasteiger partial charge is 0.233 e. The van der Waals surface area contributed by atoms with E-state index in [9.17, 15) is 0 Å². The van der Waals surface area contributed by atoms with Crippen LogP contribution in [0.4, 0.5) is 0 Å². The van der Waals surface area contributed by atoms with Gasteiger partial charge < -0.3 is 0 Å². The van der Waals surface area contributed by atoms with Gasteiger partial charge in [0.25, 0.3) is 5.82 Å². The van der Waals surface area contributed by atoms with E-state index >= 15 is 0 Å². The predicted octanol–water partition coefficient (Wildman–Crippen LogP) is 5.95. The van der Waals surface area contributed by atoms with Crippen molar-refractivity contribution < 1.29 is 4.57 Å².